The average Bonchev–Trinajstić information content (AvgIpc) is 3.15. The number of benzene rings is 2. The lowest BCUT2D eigenvalue weighted by Gasteiger charge is -2.18. The van der Waals surface area contributed by atoms with Gasteiger partial charge in [-0.15, -0.1) is 11.8 Å². The van der Waals surface area contributed by atoms with Crippen LogP contribution in [-0.2, 0) is 0 Å². The van der Waals surface area contributed by atoms with E-state index in [-0.39, 0.29) is 12.0 Å². The summed E-state index contributed by atoms with van der Waals surface area (Å²) in [5.74, 6) is 0.694. The Kier molecular flexibility index (Phi) is 4.80. The van der Waals surface area contributed by atoms with Crippen molar-refractivity contribution in [2.24, 2.45) is 0 Å². The first-order chi connectivity index (χ1) is 12.7. The topological polar surface area (TPSA) is 42.4 Å². The molecule has 0 bridgehead atoms. The third kappa shape index (κ3) is 3.40. The average molecular weight is 364 g/mol. The first kappa shape index (κ1) is 16.9. The summed E-state index contributed by atoms with van der Waals surface area (Å²) in [6.07, 6.45) is 2.80. The van der Waals surface area contributed by atoms with E-state index in [1.54, 1.807) is 11.8 Å². The van der Waals surface area contributed by atoms with Crippen molar-refractivity contribution in [1.29, 1.82) is 0 Å². The second kappa shape index (κ2) is 7.38. The highest BCUT2D eigenvalue weighted by Crippen LogP contribution is 2.25. The van der Waals surface area contributed by atoms with E-state index in [1.807, 2.05) is 71.8 Å². The third-order valence-electron chi connectivity index (χ3n) is 4.63. The molecule has 2 heterocycles. The van der Waals surface area contributed by atoms with Crippen LogP contribution >= 0.6 is 11.8 Å². The summed E-state index contributed by atoms with van der Waals surface area (Å²) in [5, 5.41) is 1.09. The van der Waals surface area contributed by atoms with Crippen molar-refractivity contribution >= 4 is 28.6 Å². The fraction of sp³-hybridized carbons (Fsp3) is 0.238. The van der Waals surface area contributed by atoms with Crippen LogP contribution in [0.5, 0.6) is 5.88 Å². The number of amides is 1. The molecule has 4 rings (SSSR count). The molecule has 2 aromatic carbocycles. The van der Waals surface area contributed by atoms with Gasteiger partial charge < -0.3 is 9.64 Å². The molecule has 1 fully saturated rings. The lowest BCUT2D eigenvalue weighted by molar-refractivity contribution is 0.0768. The Morgan fingerprint density at radius 3 is 2.81 bits per heavy atom. The summed E-state index contributed by atoms with van der Waals surface area (Å²) in [6, 6.07) is 19.7. The standard InChI is InChI=1S/C21H20N2O2S/c1-26-19-9-5-3-7-17(19)21(24)23-13-12-16(14-23)25-20-11-10-15-6-2-4-8-18(15)22-20/h2-11,16H,12-14H2,1H3. The Labute approximate surface area is 157 Å². The highest BCUT2D eigenvalue weighted by molar-refractivity contribution is 7.98. The molecule has 1 atom stereocenters. The molecule has 0 spiro atoms. The minimum absolute atomic E-state index is 0.0194. The van der Waals surface area contributed by atoms with Crippen molar-refractivity contribution in [3.8, 4) is 5.88 Å². The highest BCUT2D eigenvalue weighted by Gasteiger charge is 2.29. The molecule has 1 saturated heterocycles. The quantitative estimate of drug-likeness (QED) is 0.649. The van der Waals surface area contributed by atoms with Crippen LogP contribution in [-0.4, -0.2) is 41.2 Å². The van der Waals surface area contributed by atoms with Gasteiger partial charge in [-0.05, 0) is 30.5 Å². The van der Waals surface area contributed by atoms with E-state index in [4.69, 9.17) is 4.74 Å². The van der Waals surface area contributed by atoms with Gasteiger partial charge in [-0.25, -0.2) is 4.98 Å². The van der Waals surface area contributed by atoms with E-state index >= 15 is 0 Å². The molecule has 1 amide bonds. The Balaban J connectivity index is 1.45. The van der Waals surface area contributed by atoms with Crippen LogP contribution in [0, 0.1) is 0 Å². The number of pyridine rings is 1. The number of thioether (sulfide) groups is 1. The molecule has 1 aromatic heterocycles. The van der Waals surface area contributed by atoms with Crippen LogP contribution in [0.1, 0.15) is 16.8 Å². The number of nitrogens with zero attached hydrogens (tertiary/aromatic N) is 2. The zero-order chi connectivity index (χ0) is 17.9. The third-order valence-corrected chi connectivity index (χ3v) is 5.43. The zero-order valence-electron chi connectivity index (χ0n) is 14.6. The van der Waals surface area contributed by atoms with E-state index in [0.717, 1.165) is 27.8 Å². The highest BCUT2D eigenvalue weighted by atomic mass is 32.2. The number of para-hydroxylation sites is 1. The van der Waals surface area contributed by atoms with Gasteiger partial charge in [-0.3, -0.25) is 4.79 Å². The van der Waals surface area contributed by atoms with E-state index in [0.29, 0.717) is 19.0 Å². The summed E-state index contributed by atoms with van der Waals surface area (Å²) in [5.41, 5.74) is 1.69. The lowest BCUT2D eigenvalue weighted by atomic mass is 10.2. The molecule has 0 saturated carbocycles. The summed E-state index contributed by atoms with van der Waals surface area (Å²) in [4.78, 5) is 20.3. The number of carbonyl (C=O) groups excluding carboxylic acids is 1. The Morgan fingerprint density at radius 1 is 1.12 bits per heavy atom. The van der Waals surface area contributed by atoms with Crippen molar-refractivity contribution in [2.75, 3.05) is 19.3 Å². The minimum Gasteiger partial charge on any atom is -0.472 e. The maximum atomic E-state index is 12.8. The van der Waals surface area contributed by atoms with Crippen LogP contribution in [0.15, 0.2) is 65.6 Å². The molecule has 0 aliphatic carbocycles. The smallest absolute Gasteiger partial charge is 0.255 e. The van der Waals surface area contributed by atoms with Gasteiger partial charge in [0, 0.05) is 29.3 Å². The molecule has 0 radical (unpaired) electrons. The van der Waals surface area contributed by atoms with E-state index in [2.05, 4.69) is 4.98 Å². The molecule has 132 valence electrons. The van der Waals surface area contributed by atoms with E-state index in [1.165, 1.54) is 0 Å². The second-order valence-corrected chi connectivity index (χ2v) is 7.17. The van der Waals surface area contributed by atoms with Crippen molar-refractivity contribution in [3.05, 3.63) is 66.2 Å². The molecule has 5 heteroatoms. The van der Waals surface area contributed by atoms with Crippen LogP contribution in [0.4, 0.5) is 0 Å². The Morgan fingerprint density at radius 2 is 1.92 bits per heavy atom. The number of hydrogen-bond acceptors (Lipinski definition) is 4. The van der Waals surface area contributed by atoms with Crippen LogP contribution in [0.2, 0.25) is 0 Å². The Bertz CT molecular complexity index is 944. The SMILES string of the molecule is CSc1ccccc1C(=O)N1CCC(Oc2ccc3ccccc3n2)C1. The number of aromatic nitrogens is 1. The molecular weight excluding hydrogens is 344 g/mol. The molecule has 1 aliphatic rings. The van der Waals surface area contributed by atoms with Crippen molar-refractivity contribution in [1.82, 2.24) is 9.88 Å². The molecule has 1 unspecified atom stereocenters. The molecule has 4 nitrogen and oxygen atoms in total. The van der Waals surface area contributed by atoms with Gasteiger partial charge in [0.05, 0.1) is 17.6 Å². The number of carbonyl (C=O) groups is 1. The van der Waals surface area contributed by atoms with Crippen LogP contribution in [0.3, 0.4) is 0 Å². The van der Waals surface area contributed by atoms with E-state index in [9.17, 15) is 4.79 Å². The monoisotopic (exact) mass is 364 g/mol. The summed E-state index contributed by atoms with van der Waals surface area (Å²) >= 11 is 1.60. The molecule has 26 heavy (non-hydrogen) atoms. The van der Waals surface area contributed by atoms with Gasteiger partial charge >= 0.3 is 0 Å². The largest absolute Gasteiger partial charge is 0.472 e. The normalized spacial score (nSPS) is 16.8. The predicted octanol–water partition coefficient (Wildman–Crippen LogP) is 4.25. The first-order valence-corrected chi connectivity index (χ1v) is 9.92. The maximum absolute atomic E-state index is 12.8. The minimum atomic E-state index is -0.0194. The number of fused-ring (bicyclic) bond motifs is 1. The molecular formula is C21H20N2O2S. The molecule has 1 aliphatic heterocycles. The van der Waals surface area contributed by atoms with E-state index < -0.39 is 0 Å². The van der Waals surface area contributed by atoms with Gasteiger partial charge in [0.15, 0.2) is 0 Å². The first-order valence-electron chi connectivity index (χ1n) is 8.69. The zero-order valence-corrected chi connectivity index (χ0v) is 15.4. The summed E-state index contributed by atoms with van der Waals surface area (Å²) in [6.45, 7) is 1.30. The molecule has 0 N–H and O–H groups in total. The Hall–Kier alpha value is -2.53. The van der Waals surface area contributed by atoms with Crippen molar-refractivity contribution in [2.45, 2.75) is 17.4 Å². The molecule has 3 aromatic rings. The van der Waals surface area contributed by atoms with Crippen molar-refractivity contribution in [3.63, 3.8) is 0 Å². The number of hydrogen-bond donors (Lipinski definition) is 0. The maximum Gasteiger partial charge on any atom is 0.255 e. The van der Waals surface area contributed by atoms with Gasteiger partial charge in [-0.1, -0.05) is 30.3 Å². The fourth-order valence-corrected chi connectivity index (χ4v) is 3.87. The van der Waals surface area contributed by atoms with Crippen molar-refractivity contribution < 1.29 is 9.53 Å². The van der Waals surface area contributed by atoms with Crippen LogP contribution < -0.4 is 4.74 Å². The van der Waals surface area contributed by atoms with Gasteiger partial charge in [0.1, 0.15) is 6.10 Å². The summed E-state index contributed by atoms with van der Waals surface area (Å²) < 4.78 is 6.05. The van der Waals surface area contributed by atoms with Gasteiger partial charge in [-0.2, -0.15) is 0 Å². The number of rotatable bonds is 4. The van der Waals surface area contributed by atoms with Gasteiger partial charge in [0.2, 0.25) is 5.88 Å². The number of ether oxygens (including phenoxy) is 1. The number of likely N-dealkylation sites (tertiary alicyclic amines) is 1. The predicted molar refractivity (Wildman–Crippen MR) is 105 cm³/mol. The fourth-order valence-electron chi connectivity index (χ4n) is 3.28. The van der Waals surface area contributed by atoms with Crippen LogP contribution in [0.25, 0.3) is 10.9 Å². The lowest BCUT2D eigenvalue weighted by Crippen LogP contribution is -2.31. The second-order valence-electron chi connectivity index (χ2n) is 6.32. The summed E-state index contributed by atoms with van der Waals surface area (Å²) in [7, 11) is 0. The van der Waals surface area contributed by atoms with Gasteiger partial charge in [0.25, 0.3) is 5.91 Å².